The number of hydrogen-bond acceptors (Lipinski definition) is 4. The lowest BCUT2D eigenvalue weighted by molar-refractivity contribution is -0.147. The Labute approximate surface area is 135 Å². The zero-order valence-corrected chi connectivity index (χ0v) is 13.5. The molecule has 2 aliphatic rings. The zero-order chi connectivity index (χ0) is 16.8. The highest BCUT2D eigenvalue weighted by atomic mass is 16.5. The second-order valence-corrected chi connectivity index (χ2v) is 6.56. The number of benzene rings is 1. The van der Waals surface area contributed by atoms with Gasteiger partial charge in [-0.1, -0.05) is 6.07 Å². The van der Waals surface area contributed by atoms with Crippen molar-refractivity contribution in [1.82, 2.24) is 4.90 Å². The van der Waals surface area contributed by atoms with Crippen molar-refractivity contribution in [3.63, 3.8) is 0 Å². The van der Waals surface area contributed by atoms with Gasteiger partial charge in [-0.25, -0.2) is 0 Å². The van der Waals surface area contributed by atoms with Crippen LogP contribution in [0.15, 0.2) is 12.1 Å². The van der Waals surface area contributed by atoms with Gasteiger partial charge in [0.05, 0.1) is 0 Å². The molecule has 1 saturated heterocycles. The van der Waals surface area contributed by atoms with E-state index in [4.69, 9.17) is 10.5 Å². The first-order chi connectivity index (χ1) is 10.8. The summed E-state index contributed by atoms with van der Waals surface area (Å²) in [5, 5.41) is 10.1. The number of carbonyl (C=O) groups excluding carboxylic acids is 2. The SMILES string of the molecule is Cc1cc2c(cc1C)C(C(=O)N1CCC(O)(C(N)=O)CC1)CO2. The second kappa shape index (κ2) is 5.53. The van der Waals surface area contributed by atoms with Gasteiger partial charge >= 0.3 is 0 Å². The summed E-state index contributed by atoms with van der Waals surface area (Å²) in [6, 6.07) is 3.99. The maximum atomic E-state index is 12.8. The molecule has 1 unspecified atom stereocenters. The minimum atomic E-state index is -1.49. The van der Waals surface area contributed by atoms with E-state index in [1.165, 1.54) is 0 Å². The summed E-state index contributed by atoms with van der Waals surface area (Å²) in [4.78, 5) is 25.8. The van der Waals surface area contributed by atoms with Gasteiger partial charge in [-0.3, -0.25) is 9.59 Å². The number of fused-ring (bicyclic) bond motifs is 1. The molecule has 0 aromatic heterocycles. The van der Waals surface area contributed by atoms with E-state index < -0.39 is 11.5 Å². The third kappa shape index (κ3) is 2.67. The molecule has 2 heterocycles. The number of hydrogen-bond donors (Lipinski definition) is 2. The molecule has 3 rings (SSSR count). The Morgan fingerprint density at radius 1 is 1.26 bits per heavy atom. The number of carbonyl (C=O) groups is 2. The quantitative estimate of drug-likeness (QED) is 0.836. The van der Waals surface area contributed by atoms with Crippen molar-refractivity contribution in [2.24, 2.45) is 5.73 Å². The summed E-state index contributed by atoms with van der Waals surface area (Å²) in [5.41, 5.74) is 6.93. The molecule has 124 valence electrons. The van der Waals surface area contributed by atoms with Gasteiger partial charge in [0.2, 0.25) is 11.8 Å². The second-order valence-electron chi connectivity index (χ2n) is 6.56. The summed E-state index contributed by atoms with van der Waals surface area (Å²) < 4.78 is 5.67. The topological polar surface area (TPSA) is 92.9 Å². The van der Waals surface area contributed by atoms with Gasteiger partial charge in [-0.2, -0.15) is 0 Å². The molecule has 2 aliphatic heterocycles. The maximum Gasteiger partial charge on any atom is 0.249 e. The summed E-state index contributed by atoms with van der Waals surface area (Å²) in [7, 11) is 0. The lowest BCUT2D eigenvalue weighted by Crippen LogP contribution is -2.54. The van der Waals surface area contributed by atoms with Crippen molar-refractivity contribution in [2.45, 2.75) is 38.2 Å². The third-order valence-electron chi connectivity index (χ3n) is 5.07. The molecule has 1 atom stereocenters. The summed E-state index contributed by atoms with van der Waals surface area (Å²) in [5.74, 6) is -0.273. The van der Waals surface area contributed by atoms with Gasteiger partial charge in [0.15, 0.2) is 0 Å². The molecule has 23 heavy (non-hydrogen) atoms. The van der Waals surface area contributed by atoms with Gasteiger partial charge in [-0.05, 0) is 31.0 Å². The highest BCUT2D eigenvalue weighted by Crippen LogP contribution is 2.37. The normalized spacial score (nSPS) is 22.4. The molecule has 6 heteroatoms. The lowest BCUT2D eigenvalue weighted by atomic mass is 9.89. The van der Waals surface area contributed by atoms with E-state index in [9.17, 15) is 14.7 Å². The van der Waals surface area contributed by atoms with Gasteiger partial charge in [0.1, 0.15) is 23.9 Å². The number of ether oxygens (including phenoxy) is 1. The van der Waals surface area contributed by atoms with Gasteiger partial charge < -0.3 is 20.5 Å². The number of primary amides is 1. The Morgan fingerprint density at radius 2 is 1.87 bits per heavy atom. The van der Waals surface area contributed by atoms with Crippen molar-refractivity contribution in [2.75, 3.05) is 19.7 Å². The number of aryl methyl sites for hydroxylation is 2. The number of likely N-dealkylation sites (tertiary alicyclic amines) is 1. The van der Waals surface area contributed by atoms with Crippen LogP contribution in [0.4, 0.5) is 0 Å². The molecular weight excluding hydrogens is 296 g/mol. The van der Waals surface area contributed by atoms with E-state index in [0.29, 0.717) is 19.7 Å². The number of piperidine rings is 1. The first-order valence-electron chi connectivity index (χ1n) is 7.87. The molecule has 6 nitrogen and oxygen atoms in total. The number of nitrogens with two attached hydrogens (primary N) is 1. The van der Waals surface area contributed by atoms with E-state index in [2.05, 4.69) is 0 Å². The van der Waals surface area contributed by atoms with Crippen molar-refractivity contribution in [1.29, 1.82) is 0 Å². The van der Waals surface area contributed by atoms with Crippen LogP contribution in [0, 0.1) is 13.8 Å². The minimum Gasteiger partial charge on any atom is -0.492 e. The fourth-order valence-electron chi connectivity index (χ4n) is 3.24. The Hall–Kier alpha value is -2.08. The molecule has 1 aromatic carbocycles. The van der Waals surface area contributed by atoms with E-state index in [0.717, 1.165) is 22.4 Å². The molecular formula is C17H22N2O4. The van der Waals surface area contributed by atoms with Crippen LogP contribution in [0.3, 0.4) is 0 Å². The van der Waals surface area contributed by atoms with Crippen LogP contribution in [-0.2, 0) is 9.59 Å². The first-order valence-corrected chi connectivity index (χ1v) is 7.87. The largest absolute Gasteiger partial charge is 0.492 e. The van der Waals surface area contributed by atoms with Crippen molar-refractivity contribution in [3.8, 4) is 5.75 Å². The average molecular weight is 318 g/mol. The van der Waals surface area contributed by atoms with Gasteiger partial charge in [0, 0.05) is 31.5 Å². The molecule has 1 aromatic rings. The van der Waals surface area contributed by atoms with Crippen LogP contribution in [0.5, 0.6) is 5.75 Å². The lowest BCUT2D eigenvalue weighted by Gasteiger charge is -2.37. The van der Waals surface area contributed by atoms with Crippen molar-refractivity contribution in [3.05, 3.63) is 28.8 Å². The Morgan fingerprint density at radius 3 is 2.48 bits per heavy atom. The smallest absolute Gasteiger partial charge is 0.249 e. The van der Waals surface area contributed by atoms with Crippen molar-refractivity contribution < 1.29 is 19.4 Å². The van der Waals surface area contributed by atoms with Crippen LogP contribution < -0.4 is 10.5 Å². The standard InChI is InChI=1S/C17H22N2O4/c1-10-7-12-13(9-23-14(12)8-11(10)2)15(20)19-5-3-17(22,4-6-19)16(18)21/h7-8,13,22H,3-6,9H2,1-2H3,(H2,18,21). The molecule has 0 radical (unpaired) electrons. The maximum absolute atomic E-state index is 12.8. The highest BCUT2D eigenvalue weighted by Gasteiger charge is 2.41. The van der Waals surface area contributed by atoms with Crippen LogP contribution in [-0.4, -0.2) is 47.1 Å². The van der Waals surface area contributed by atoms with Gasteiger partial charge in [0.25, 0.3) is 0 Å². The van der Waals surface area contributed by atoms with Crippen LogP contribution in [0.25, 0.3) is 0 Å². The number of aliphatic hydroxyl groups is 1. The first kappa shape index (κ1) is 15.8. The number of rotatable bonds is 2. The Balaban J connectivity index is 1.75. The molecule has 0 spiro atoms. The predicted octanol–water partition coefficient (Wildman–Crippen LogP) is 0.618. The van der Waals surface area contributed by atoms with Crippen LogP contribution in [0.1, 0.15) is 35.4 Å². The van der Waals surface area contributed by atoms with E-state index >= 15 is 0 Å². The predicted molar refractivity (Wildman–Crippen MR) is 84.1 cm³/mol. The van der Waals surface area contributed by atoms with Crippen molar-refractivity contribution >= 4 is 11.8 Å². The molecule has 0 aliphatic carbocycles. The summed E-state index contributed by atoms with van der Waals surface area (Å²) in [6.07, 6.45) is 0.364. The van der Waals surface area contributed by atoms with E-state index in [-0.39, 0.29) is 24.7 Å². The average Bonchev–Trinajstić information content (AvgIpc) is 2.90. The highest BCUT2D eigenvalue weighted by molar-refractivity contribution is 5.87. The van der Waals surface area contributed by atoms with Crippen LogP contribution in [0.2, 0.25) is 0 Å². The summed E-state index contributed by atoms with van der Waals surface area (Å²) >= 11 is 0. The third-order valence-corrected chi connectivity index (χ3v) is 5.07. The zero-order valence-electron chi connectivity index (χ0n) is 13.5. The van der Waals surface area contributed by atoms with Gasteiger partial charge in [-0.15, -0.1) is 0 Å². The van der Waals surface area contributed by atoms with E-state index in [1.54, 1.807) is 4.90 Å². The van der Waals surface area contributed by atoms with Crippen LogP contribution >= 0.6 is 0 Å². The Kier molecular flexibility index (Phi) is 3.80. The molecule has 2 amide bonds. The molecule has 0 saturated carbocycles. The Bertz CT molecular complexity index is 663. The number of nitrogens with zero attached hydrogens (tertiary/aromatic N) is 1. The van der Waals surface area contributed by atoms with E-state index in [1.807, 2.05) is 26.0 Å². The fraction of sp³-hybridized carbons (Fsp3) is 0.529. The fourth-order valence-corrected chi connectivity index (χ4v) is 3.24. The monoisotopic (exact) mass is 318 g/mol. The molecule has 3 N–H and O–H groups in total. The number of amides is 2. The molecule has 0 bridgehead atoms. The summed E-state index contributed by atoms with van der Waals surface area (Å²) in [6.45, 7) is 5.03. The minimum absolute atomic E-state index is 0.0153. The molecule has 1 fully saturated rings.